The van der Waals surface area contributed by atoms with Crippen LogP contribution < -0.4 is 5.73 Å². The Morgan fingerprint density at radius 1 is 1.15 bits per heavy atom. The van der Waals surface area contributed by atoms with Gasteiger partial charge in [-0.25, -0.2) is 4.98 Å². The molecule has 0 saturated heterocycles. The summed E-state index contributed by atoms with van der Waals surface area (Å²) in [6.45, 7) is 6.33. The molecule has 0 amide bonds. The predicted octanol–water partition coefficient (Wildman–Crippen LogP) is 4.27. The molecule has 2 nitrogen and oxygen atoms in total. The van der Waals surface area contributed by atoms with Gasteiger partial charge in [-0.1, -0.05) is 37.3 Å². The van der Waals surface area contributed by atoms with E-state index in [1.807, 2.05) is 25.1 Å². The lowest BCUT2D eigenvalue weighted by atomic mass is 10.0. The number of rotatable bonds is 5. The Balaban J connectivity index is 2.16. The van der Waals surface area contributed by atoms with Crippen molar-refractivity contribution in [3.05, 3.63) is 59.3 Å². The summed E-state index contributed by atoms with van der Waals surface area (Å²) in [5, 5.41) is 1.41. The molecule has 3 heteroatoms. The topological polar surface area (TPSA) is 38.9 Å². The van der Waals surface area contributed by atoms with E-state index in [1.54, 1.807) is 11.8 Å². The largest absolute Gasteiger partial charge is 0.323 e. The highest BCUT2D eigenvalue weighted by molar-refractivity contribution is 7.99. The first-order valence-corrected chi connectivity index (χ1v) is 7.90. The number of aryl methyl sites for hydroxylation is 2. The molecule has 0 radical (unpaired) electrons. The molecule has 1 heterocycles. The Morgan fingerprint density at radius 3 is 2.45 bits per heavy atom. The molecule has 0 aliphatic carbocycles. The van der Waals surface area contributed by atoms with Crippen molar-refractivity contribution in [2.24, 2.45) is 5.73 Å². The van der Waals surface area contributed by atoms with Crippen LogP contribution in [0.3, 0.4) is 0 Å². The molecule has 0 bridgehead atoms. The van der Waals surface area contributed by atoms with Crippen molar-refractivity contribution in [1.29, 1.82) is 0 Å². The summed E-state index contributed by atoms with van der Waals surface area (Å²) in [5.74, 6) is 0. The standard InChI is InChI=1S/C17H22N2S/c1-4-15(17(18)14-8-6-5-7-9-14)20-16-11-12(2)10-13(3)19-16/h5-11,15,17H,4,18H2,1-3H3. The Labute approximate surface area is 125 Å². The first-order chi connectivity index (χ1) is 9.60. The third-order valence-electron chi connectivity index (χ3n) is 3.33. The molecular formula is C17H22N2S. The predicted molar refractivity (Wildman–Crippen MR) is 87.0 cm³/mol. The van der Waals surface area contributed by atoms with Gasteiger partial charge < -0.3 is 5.73 Å². The van der Waals surface area contributed by atoms with Crippen molar-refractivity contribution in [2.75, 3.05) is 0 Å². The van der Waals surface area contributed by atoms with Crippen molar-refractivity contribution >= 4 is 11.8 Å². The van der Waals surface area contributed by atoms with Gasteiger partial charge in [0.1, 0.15) is 0 Å². The molecule has 106 valence electrons. The molecule has 0 spiro atoms. The highest BCUT2D eigenvalue weighted by atomic mass is 32.2. The van der Waals surface area contributed by atoms with Gasteiger partial charge in [0.25, 0.3) is 0 Å². The number of aromatic nitrogens is 1. The van der Waals surface area contributed by atoms with E-state index in [-0.39, 0.29) is 6.04 Å². The average Bonchev–Trinajstić information content (AvgIpc) is 2.44. The molecule has 20 heavy (non-hydrogen) atoms. The Bertz CT molecular complexity index is 534. The molecule has 0 aliphatic heterocycles. The van der Waals surface area contributed by atoms with Crippen molar-refractivity contribution in [3.8, 4) is 0 Å². The highest BCUT2D eigenvalue weighted by Crippen LogP contribution is 2.32. The summed E-state index contributed by atoms with van der Waals surface area (Å²) in [4.78, 5) is 4.61. The lowest BCUT2D eigenvalue weighted by Gasteiger charge is -2.22. The van der Waals surface area contributed by atoms with Crippen LogP contribution in [0.1, 0.15) is 36.2 Å². The van der Waals surface area contributed by atoms with E-state index in [1.165, 1.54) is 11.1 Å². The minimum Gasteiger partial charge on any atom is -0.323 e. The van der Waals surface area contributed by atoms with E-state index in [2.05, 4.69) is 43.1 Å². The van der Waals surface area contributed by atoms with E-state index in [0.29, 0.717) is 5.25 Å². The minimum atomic E-state index is 0.0359. The Hall–Kier alpha value is -1.32. The van der Waals surface area contributed by atoms with E-state index in [9.17, 15) is 0 Å². The molecule has 2 atom stereocenters. The smallest absolute Gasteiger partial charge is 0.0969 e. The van der Waals surface area contributed by atoms with Crippen LogP contribution in [0.15, 0.2) is 47.5 Å². The summed E-state index contributed by atoms with van der Waals surface area (Å²) >= 11 is 1.78. The lowest BCUT2D eigenvalue weighted by Crippen LogP contribution is -2.23. The summed E-state index contributed by atoms with van der Waals surface area (Å²) < 4.78 is 0. The zero-order valence-corrected chi connectivity index (χ0v) is 13.2. The number of nitrogens with zero attached hydrogens (tertiary/aromatic N) is 1. The molecule has 2 N–H and O–H groups in total. The number of benzene rings is 1. The first kappa shape index (κ1) is 15.1. The number of hydrogen-bond donors (Lipinski definition) is 1. The molecule has 0 aliphatic rings. The Morgan fingerprint density at radius 2 is 1.85 bits per heavy atom. The van der Waals surface area contributed by atoms with Crippen LogP contribution in [0, 0.1) is 13.8 Å². The number of hydrogen-bond acceptors (Lipinski definition) is 3. The van der Waals surface area contributed by atoms with Gasteiger partial charge in [0.05, 0.1) is 5.03 Å². The van der Waals surface area contributed by atoms with Gasteiger partial charge in [0.15, 0.2) is 0 Å². The summed E-state index contributed by atoms with van der Waals surface area (Å²) in [6, 6.07) is 14.6. The molecule has 0 saturated carbocycles. The first-order valence-electron chi connectivity index (χ1n) is 7.02. The second kappa shape index (κ2) is 6.91. The Kier molecular flexibility index (Phi) is 5.21. The van der Waals surface area contributed by atoms with Crippen molar-refractivity contribution < 1.29 is 0 Å². The summed E-state index contributed by atoms with van der Waals surface area (Å²) in [6.07, 6.45) is 1.02. The van der Waals surface area contributed by atoms with E-state index < -0.39 is 0 Å². The number of pyridine rings is 1. The van der Waals surface area contributed by atoms with Crippen LogP contribution in [0.2, 0.25) is 0 Å². The fourth-order valence-electron chi connectivity index (χ4n) is 2.32. The van der Waals surface area contributed by atoms with Crippen LogP contribution >= 0.6 is 11.8 Å². The number of nitrogens with two attached hydrogens (primary N) is 1. The van der Waals surface area contributed by atoms with Crippen molar-refractivity contribution in [1.82, 2.24) is 4.98 Å². The quantitative estimate of drug-likeness (QED) is 0.834. The van der Waals surface area contributed by atoms with Gasteiger partial charge in [0.2, 0.25) is 0 Å². The highest BCUT2D eigenvalue weighted by Gasteiger charge is 2.19. The van der Waals surface area contributed by atoms with Crippen LogP contribution in [-0.2, 0) is 0 Å². The fraction of sp³-hybridized carbons (Fsp3) is 0.353. The fourth-order valence-corrected chi connectivity index (χ4v) is 3.55. The summed E-state index contributed by atoms with van der Waals surface area (Å²) in [5.41, 5.74) is 9.93. The van der Waals surface area contributed by atoms with E-state index in [0.717, 1.165) is 17.1 Å². The van der Waals surface area contributed by atoms with Gasteiger partial charge >= 0.3 is 0 Å². The van der Waals surface area contributed by atoms with Crippen molar-refractivity contribution in [2.45, 2.75) is 43.5 Å². The minimum absolute atomic E-state index is 0.0359. The maximum absolute atomic E-state index is 6.43. The second-order valence-corrected chi connectivity index (χ2v) is 6.38. The molecular weight excluding hydrogens is 264 g/mol. The summed E-state index contributed by atoms with van der Waals surface area (Å²) in [7, 11) is 0. The lowest BCUT2D eigenvalue weighted by molar-refractivity contribution is 0.655. The van der Waals surface area contributed by atoms with Crippen LogP contribution in [0.25, 0.3) is 0 Å². The van der Waals surface area contributed by atoms with E-state index >= 15 is 0 Å². The van der Waals surface area contributed by atoms with Crippen LogP contribution in [0.4, 0.5) is 0 Å². The maximum Gasteiger partial charge on any atom is 0.0969 e. The molecule has 2 rings (SSSR count). The zero-order valence-electron chi connectivity index (χ0n) is 12.3. The molecule has 1 aromatic carbocycles. The van der Waals surface area contributed by atoms with Crippen LogP contribution in [-0.4, -0.2) is 10.2 Å². The monoisotopic (exact) mass is 286 g/mol. The second-order valence-electron chi connectivity index (χ2n) is 5.13. The van der Waals surface area contributed by atoms with Crippen LogP contribution in [0.5, 0.6) is 0 Å². The molecule has 0 fully saturated rings. The average molecular weight is 286 g/mol. The van der Waals surface area contributed by atoms with Crippen molar-refractivity contribution in [3.63, 3.8) is 0 Å². The normalized spacial score (nSPS) is 14.0. The SMILES string of the molecule is CCC(Sc1cc(C)cc(C)n1)C(N)c1ccccc1. The third-order valence-corrected chi connectivity index (χ3v) is 4.71. The van der Waals surface area contributed by atoms with Gasteiger partial charge in [-0.05, 0) is 43.5 Å². The number of thioether (sulfide) groups is 1. The van der Waals surface area contributed by atoms with Gasteiger partial charge in [-0.15, -0.1) is 11.8 Å². The van der Waals surface area contributed by atoms with Gasteiger partial charge in [-0.2, -0.15) is 0 Å². The maximum atomic E-state index is 6.43. The zero-order chi connectivity index (χ0) is 14.5. The van der Waals surface area contributed by atoms with Gasteiger partial charge in [-0.3, -0.25) is 0 Å². The van der Waals surface area contributed by atoms with Gasteiger partial charge in [0, 0.05) is 17.0 Å². The molecule has 1 aromatic heterocycles. The molecule has 2 unspecified atom stereocenters. The molecule has 2 aromatic rings. The third kappa shape index (κ3) is 3.84. The van der Waals surface area contributed by atoms with E-state index in [4.69, 9.17) is 5.73 Å².